The lowest BCUT2D eigenvalue weighted by molar-refractivity contribution is -0.111. The molecule has 2 heterocycles. The Kier molecular flexibility index (Phi) is 5.08. The highest BCUT2D eigenvalue weighted by atomic mass is 16.1. The van der Waals surface area contributed by atoms with Crippen LogP contribution < -0.4 is 5.32 Å². The lowest BCUT2D eigenvalue weighted by Gasteiger charge is -2.08. The van der Waals surface area contributed by atoms with E-state index in [2.05, 4.69) is 20.4 Å². The Morgan fingerprint density at radius 1 is 1.19 bits per heavy atom. The Hall–Kier alpha value is -3.79. The zero-order valence-electron chi connectivity index (χ0n) is 15.3. The van der Waals surface area contributed by atoms with Gasteiger partial charge in [-0.05, 0) is 44.0 Å². The molecule has 0 radical (unpaired) electrons. The molecule has 0 spiro atoms. The molecule has 7 nitrogen and oxygen atoms in total. The van der Waals surface area contributed by atoms with Gasteiger partial charge in [-0.3, -0.25) is 4.79 Å². The van der Waals surface area contributed by atoms with Gasteiger partial charge in [-0.2, -0.15) is 15.0 Å². The number of aryl methyl sites for hydroxylation is 3. The highest BCUT2D eigenvalue weighted by Crippen LogP contribution is 2.18. The van der Waals surface area contributed by atoms with Crippen LogP contribution in [0.5, 0.6) is 0 Å². The quantitative estimate of drug-likeness (QED) is 0.723. The maximum absolute atomic E-state index is 12.4. The molecule has 0 bridgehead atoms. The Labute approximate surface area is 157 Å². The van der Waals surface area contributed by atoms with E-state index in [0.29, 0.717) is 5.95 Å². The van der Waals surface area contributed by atoms with E-state index in [1.807, 2.05) is 57.2 Å². The van der Waals surface area contributed by atoms with E-state index in [0.717, 1.165) is 22.5 Å². The fraction of sp³-hybridized carbons (Fsp3) is 0.150. The van der Waals surface area contributed by atoms with Gasteiger partial charge in [-0.15, -0.1) is 0 Å². The van der Waals surface area contributed by atoms with Gasteiger partial charge in [0.15, 0.2) is 5.82 Å². The van der Waals surface area contributed by atoms with Crippen LogP contribution in [0.3, 0.4) is 0 Å². The SMILES string of the molecule is Cc1cc(C)nc(-n2ncc(C#N)c2NC(=O)/C=C/c2ccccc2C)n1. The number of amides is 1. The van der Waals surface area contributed by atoms with Crippen LogP contribution in [0.1, 0.15) is 28.1 Å². The van der Waals surface area contributed by atoms with E-state index in [1.54, 1.807) is 6.08 Å². The van der Waals surface area contributed by atoms with E-state index in [-0.39, 0.29) is 17.3 Å². The Balaban J connectivity index is 1.90. The number of rotatable bonds is 4. The molecule has 134 valence electrons. The minimum Gasteiger partial charge on any atom is -0.306 e. The lowest BCUT2D eigenvalue weighted by atomic mass is 10.1. The predicted molar refractivity (Wildman–Crippen MR) is 102 cm³/mol. The molecule has 0 fully saturated rings. The minimum atomic E-state index is -0.374. The number of nitrogens with one attached hydrogen (secondary N) is 1. The number of aromatic nitrogens is 4. The Morgan fingerprint density at radius 3 is 2.56 bits per heavy atom. The highest BCUT2D eigenvalue weighted by Gasteiger charge is 2.16. The standard InChI is InChI=1S/C20H18N6O/c1-13-6-4-5-7-16(13)8-9-18(27)25-19-17(11-21)12-22-26(19)20-23-14(2)10-15(3)24-20/h4-10,12H,1-3H3,(H,25,27)/b9-8+. The number of carbonyl (C=O) groups excluding carboxylic acids is 1. The van der Waals surface area contributed by atoms with Crippen molar-refractivity contribution >= 4 is 17.8 Å². The smallest absolute Gasteiger partial charge is 0.252 e. The first-order valence-corrected chi connectivity index (χ1v) is 8.33. The molecule has 7 heteroatoms. The van der Waals surface area contributed by atoms with Crippen molar-refractivity contribution in [3.05, 3.63) is 70.7 Å². The largest absolute Gasteiger partial charge is 0.306 e. The van der Waals surface area contributed by atoms with Crippen LogP contribution in [0.4, 0.5) is 5.82 Å². The summed E-state index contributed by atoms with van der Waals surface area (Å²) in [4.78, 5) is 21.1. The molecule has 2 aromatic heterocycles. The molecule has 1 aromatic carbocycles. The second-order valence-corrected chi connectivity index (χ2v) is 6.06. The van der Waals surface area contributed by atoms with Gasteiger partial charge in [0.1, 0.15) is 11.6 Å². The van der Waals surface area contributed by atoms with E-state index in [9.17, 15) is 10.1 Å². The van der Waals surface area contributed by atoms with Gasteiger partial charge in [0.25, 0.3) is 5.95 Å². The molecular weight excluding hydrogens is 340 g/mol. The maximum Gasteiger partial charge on any atom is 0.252 e. The van der Waals surface area contributed by atoms with Crippen LogP contribution in [0.15, 0.2) is 42.6 Å². The topological polar surface area (TPSA) is 96.5 Å². The zero-order valence-corrected chi connectivity index (χ0v) is 15.3. The molecule has 3 aromatic rings. The van der Waals surface area contributed by atoms with Crippen LogP contribution in [0.25, 0.3) is 12.0 Å². The van der Waals surface area contributed by atoms with Gasteiger partial charge in [0, 0.05) is 17.5 Å². The van der Waals surface area contributed by atoms with Crippen molar-refractivity contribution in [2.75, 3.05) is 5.32 Å². The van der Waals surface area contributed by atoms with Crippen molar-refractivity contribution in [2.45, 2.75) is 20.8 Å². The zero-order chi connectivity index (χ0) is 19.4. The van der Waals surface area contributed by atoms with Crippen molar-refractivity contribution in [3.8, 4) is 12.0 Å². The number of nitrogens with zero attached hydrogens (tertiary/aromatic N) is 5. The van der Waals surface area contributed by atoms with Gasteiger partial charge in [0.05, 0.1) is 6.20 Å². The number of hydrogen-bond donors (Lipinski definition) is 1. The second kappa shape index (κ2) is 7.62. The van der Waals surface area contributed by atoms with Crippen molar-refractivity contribution in [1.29, 1.82) is 5.26 Å². The van der Waals surface area contributed by atoms with E-state index in [4.69, 9.17) is 0 Å². The fourth-order valence-corrected chi connectivity index (χ4v) is 2.60. The summed E-state index contributed by atoms with van der Waals surface area (Å²) < 4.78 is 1.36. The predicted octanol–water partition coefficient (Wildman–Crippen LogP) is 3.11. The number of hydrogen-bond acceptors (Lipinski definition) is 5. The first-order valence-electron chi connectivity index (χ1n) is 8.33. The van der Waals surface area contributed by atoms with E-state index < -0.39 is 0 Å². The van der Waals surface area contributed by atoms with Crippen LogP contribution >= 0.6 is 0 Å². The van der Waals surface area contributed by atoms with E-state index >= 15 is 0 Å². The molecule has 27 heavy (non-hydrogen) atoms. The third-order valence-corrected chi connectivity index (χ3v) is 3.89. The Morgan fingerprint density at radius 2 is 1.89 bits per heavy atom. The van der Waals surface area contributed by atoms with Crippen LogP contribution in [0.2, 0.25) is 0 Å². The van der Waals surface area contributed by atoms with Crippen LogP contribution in [-0.2, 0) is 4.79 Å². The molecule has 3 rings (SSSR count). The second-order valence-electron chi connectivity index (χ2n) is 6.06. The maximum atomic E-state index is 12.4. The average Bonchev–Trinajstić information content (AvgIpc) is 3.03. The first kappa shape index (κ1) is 18.0. The molecule has 0 unspecified atom stereocenters. The first-order chi connectivity index (χ1) is 13.0. The number of carbonyl (C=O) groups is 1. The molecule has 0 saturated carbocycles. The fourth-order valence-electron chi connectivity index (χ4n) is 2.60. The summed E-state index contributed by atoms with van der Waals surface area (Å²) >= 11 is 0. The summed E-state index contributed by atoms with van der Waals surface area (Å²) in [5, 5.41) is 16.2. The highest BCUT2D eigenvalue weighted by molar-refractivity contribution is 6.02. The molecular formula is C20H18N6O. The third-order valence-electron chi connectivity index (χ3n) is 3.89. The van der Waals surface area contributed by atoms with Crippen LogP contribution in [0, 0.1) is 32.1 Å². The van der Waals surface area contributed by atoms with E-state index in [1.165, 1.54) is 17.0 Å². The van der Waals surface area contributed by atoms with Crippen molar-refractivity contribution in [3.63, 3.8) is 0 Å². The average molecular weight is 358 g/mol. The molecule has 1 amide bonds. The van der Waals surface area contributed by atoms with Gasteiger partial charge in [-0.25, -0.2) is 9.97 Å². The normalized spacial score (nSPS) is 10.7. The van der Waals surface area contributed by atoms with Gasteiger partial charge >= 0.3 is 0 Å². The van der Waals surface area contributed by atoms with Gasteiger partial charge in [0.2, 0.25) is 5.91 Å². The molecule has 0 aliphatic rings. The summed E-state index contributed by atoms with van der Waals surface area (Å²) in [5.41, 5.74) is 3.77. The summed E-state index contributed by atoms with van der Waals surface area (Å²) in [6.07, 6.45) is 4.52. The van der Waals surface area contributed by atoms with Gasteiger partial charge < -0.3 is 5.32 Å². The minimum absolute atomic E-state index is 0.232. The summed E-state index contributed by atoms with van der Waals surface area (Å²) in [5.74, 6) is 0.162. The summed E-state index contributed by atoms with van der Waals surface area (Å²) in [7, 11) is 0. The van der Waals surface area contributed by atoms with Crippen LogP contribution in [-0.4, -0.2) is 25.7 Å². The number of anilines is 1. The Bertz CT molecular complexity index is 1050. The third kappa shape index (κ3) is 4.07. The monoisotopic (exact) mass is 358 g/mol. The molecule has 0 atom stereocenters. The molecule has 0 aliphatic carbocycles. The number of benzene rings is 1. The summed E-state index contributed by atoms with van der Waals surface area (Å²) in [6, 6.07) is 11.6. The van der Waals surface area contributed by atoms with Crippen molar-refractivity contribution in [1.82, 2.24) is 19.7 Å². The molecule has 1 N–H and O–H groups in total. The molecule has 0 saturated heterocycles. The lowest BCUT2D eigenvalue weighted by Crippen LogP contribution is -2.15. The molecule has 0 aliphatic heterocycles. The van der Waals surface area contributed by atoms with Crippen molar-refractivity contribution in [2.24, 2.45) is 0 Å². The summed E-state index contributed by atoms with van der Waals surface area (Å²) in [6.45, 7) is 5.66. The van der Waals surface area contributed by atoms with Crippen molar-refractivity contribution < 1.29 is 4.79 Å². The van der Waals surface area contributed by atoms with Gasteiger partial charge in [-0.1, -0.05) is 24.3 Å². The number of nitriles is 1.